The van der Waals surface area contributed by atoms with Gasteiger partial charge in [-0.3, -0.25) is 9.79 Å². The number of carbonyl (C=O) groups excluding carboxylic acids is 1. The van der Waals surface area contributed by atoms with E-state index in [9.17, 15) is 4.79 Å². The number of anilines is 2. The molecule has 3 aliphatic rings. The number of aromatic nitrogens is 1. The molecule has 46 heavy (non-hydrogen) atoms. The summed E-state index contributed by atoms with van der Waals surface area (Å²) in [6.45, 7) is 9.85. The van der Waals surface area contributed by atoms with E-state index < -0.39 is 5.82 Å². The zero-order chi connectivity index (χ0) is 32.2. The van der Waals surface area contributed by atoms with Crippen LogP contribution in [0.3, 0.4) is 0 Å². The van der Waals surface area contributed by atoms with Gasteiger partial charge in [0.2, 0.25) is 5.91 Å². The third kappa shape index (κ3) is 6.52. The van der Waals surface area contributed by atoms with E-state index >= 15 is 4.39 Å². The molecule has 1 aromatic heterocycles. The van der Waals surface area contributed by atoms with Crippen LogP contribution >= 0.6 is 0 Å². The Morgan fingerprint density at radius 3 is 2.50 bits per heavy atom. The highest BCUT2D eigenvalue weighted by Gasteiger charge is 2.38. The summed E-state index contributed by atoms with van der Waals surface area (Å²) >= 11 is 0. The summed E-state index contributed by atoms with van der Waals surface area (Å²) in [6, 6.07) is 12.3. The number of nitrogens with two attached hydrogens (primary N) is 1. The number of aliphatic imine (C=N–C) groups is 2. The Morgan fingerprint density at radius 2 is 1.83 bits per heavy atom. The molecular weight excluding hydrogens is 589 g/mol. The highest BCUT2D eigenvalue weighted by Crippen LogP contribution is 2.37. The normalized spacial score (nSPS) is 19.9. The van der Waals surface area contributed by atoms with Gasteiger partial charge in [0.25, 0.3) is 0 Å². The highest BCUT2D eigenvalue weighted by atomic mass is 19.1. The molecule has 2 bridgehead atoms. The Hall–Kier alpha value is -4.97. The molecule has 3 aliphatic heterocycles. The molecule has 11 nitrogen and oxygen atoms in total. The molecule has 0 radical (unpaired) electrons. The molecule has 240 valence electrons. The number of morpholine rings is 1. The summed E-state index contributed by atoms with van der Waals surface area (Å²) in [6.07, 6.45) is 6.68. The SMILES string of the molecule is C=CC(=O)N1CCC(Nc2cc(C(N)=Nc3ccc(Oc4ccnc(N5C6CCC5COC6)c4)cc3F)c(N=C)cc2OC)CC1. The van der Waals surface area contributed by atoms with Gasteiger partial charge in [-0.05, 0) is 62.7 Å². The van der Waals surface area contributed by atoms with Crippen LogP contribution in [0.15, 0.2) is 71.3 Å². The van der Waals surface area contributed by atoms with Gasteiger partial charge in [0, 0.05) is 49.1 Å². The molecule has 4 heterocycles. The minimum absolute atomic E-state index is 0.0461. The first-order valence-corrected chi connectivity index (χ1v) is 15.4. The number of nitrogens with one attached hydrogen (secondary N) is 1. The van der Waals surface area contributed by atoms with Gasteiger partial charge in [0.05, 0.1) is 43.8 Å². The number of carbonyl (C=O) groups is 1. The van der Waals surface area contributed by atoms with Gasteiger partial charge in [0.15, 0.2) is 5.82 Å². The van der Waals surface area contributed by atoms with Crippen molar-refractivity contribution in [1.29, 1.82) is 0 Å². The van der Waals surface area contributed by atoms with Crippen LogP contribution < -0.4 is 25.4 Å². The number of ether oxygens (including phenoxy) is 3. The topological polar surface area (TPSA) is 127 Å². The van der Waals surface area contributed by atoms with E-state index in [0.29, 0.717) is 72.6 Å². The van der Waals surface area contributed by atoms with Crippen LogP contribution in [-0.2, 0) is 9.53 Å². The van der Waals surface area contributed by atoms with Crippen molar-refractivity contribution in [2.24, 2.45) is 15.7 Å². The smallest absolute Gasteiger partial charge is 0.245 e. The lowest BCUT2D eigenvalue weighted by Crippen LogP contribution is -2.46. The standard InChI is InChI=1S/C34H38FN7O4/c1-4-33(43)41-13-10-21(11-14-41)39-30-17-26(29(37-2)18-31(30)44-3)34(36)40-28-8-7-24(15-27(28)35)46-25-9-12-38-32(16-25)42-22-5-6-23(42)20-45-19-22/h4,7-9,12,15-18,21-23,39H,1-2,5-6,10-11,13-14,19-20H2,3H3,(H2,36,40). The van der Waals surface area contributed by atoms with Gasteiger partial charge in [-0.1, -0.05) is 6.58 Å². The maximum Gasteiger partial charge on any atom is 0.245 e. The van der Waals surface area contributed by atoms with Gasteiger partial charge in [0.1, 0.15) is 34.6 Å². The number of amidine groups is 1. The first-order valence-electron chi connectivity index (χ1n) is 15.4. The highest BCUT2D eigenvalue weighted by molar-refractivity contribution is 6.04. The summed E-state index contributed by atoms with van der Waals surface area (Å²) in [4.78, 5) is 29.1. The Kier molecular flexibility index (Phi) is 9.16. The molecule has 6 rings (SSSR count). The van der Waals surface area contributed by atoms with Crippen LogP contribution in [0, 0.1) is 5.82 Å². The second-order valence-electron chi connectivity index (χ2n) is 11.6. The maximum absolute atomic E-state index is 15.3. The molecule has 3 N–H and O–H groups in total. The number of likely N-dealkylation sites (tertiary alicyclic amines) is 1. The van der Waals surface area contributed by atoms with Crippen LogP contribution in [-0.4, -0.2) is 79.9 Å². The lowest BCUT2D eigenvalue weighted by molar-refractivity contribution is -0.126. The van der Waals surface area contributed by atoms with E-state index in [4.69, 9.17) is 19.9 Å². The van der Waals surface area contributed by atoms with Crippen LogP contribution in [0.1, 0.15) is 31.2 Å². The number of methoxy groups -OCH3 is 1. The number of amides is 1. The molecule has 2 aromatic carbocycles. The summed E-state index contributed by atoms with van der Waals surface area (Å²) in [5, 5.41) is 3.50. The van der Waals surface area contributed by atoms with Crippen molar-refractivity contribution in [3.63, 3.8) is 0 Å². The number of halogens is 1. The molecule has 12 heteroatoms. The number of nitrogens with zero attached hydrogens (tertiary/aromatic N) is 5. The minimum Gasteiger partial charge on any atom is -0.495 e. The van der Waals surface area contributed by atoms with Crippen molar-refractivity contribution in [3.8, 4) is 17.2 Å². The fraction of sp³-hybridized carbons (Fsp3) is 0.353. The van der Waals surface area contributed by atoms with Crippen LogP contribution in [0.5, 0.6) is 17.2 Å². The third-order valence-electron chi connectivity index (χ3n) is 8.72. The Labute approximate surface area is 267 Å². The van der Waals surface area contributed by atoms with E-state index in [2.05, 4.69) is 38.5 Å². The van der Waals surface area contributed by atoms with Crippen LogP contribution in [0.25, 0.3) is 0 Å². The molecular formula is C34H38FN7O4. The first kappa shape index (κ1) is 31.0. The molecule has 3 aromatic rings. The van der Waals surface area contributed by atoms with E-state index in [1.54, 1.807) is 42.5 Å². The van der Waals surface area contributed by atoms with Crippen LogP contribution in [0.2, 0.25) is 0 Å². The molecule has 2 atom stereocenters. The Bertz CT molecular complexity index is 1640. The minimum atomic E-state index is -0.596. The van der Waals surface area contributed by atoms with Gasteiger partial charge >= 0.3 is 0 Å². The van der Waals surface area contributed by atoms with Crippen molar-refractivity contribution < 1.29 is 23.4 Å². The van der Waals surface area contributed by atoms with Crippen molar-refractivity contribution in [1.82, 2.24) is 9.88 Å². The Balaban J connectivity index is 1.18. The number of hydrogen-bond acceptors (Lipinski definition) is 9. The van der Waals surface area contributed by atoms with E-state index in [0.717, 1.165) is 31.5 Å². The zero-order valence-corrected chi connectivity index (χ0v) is 25.8. The lowest BCUT2D eigenvalue weighted by atomic mass is 10.0. The molecule has 0 saturated carbocycles. The average molecular weight is 628 g/mol. The largest absolute Gasteiger partial charge is 0.495 e. The number of fused-ring (bicyclic) bond motifs is 2. The average Bonchev–Trinajstić information content (AvgIpc) is 3.33. The fourth-order valence-corrected chi connectivity index (χ4v) is 6.35. The Morgan fingerprint density at radius 1 is 1.09 bits per heavy atom. The lowest BCUT2D eigenvalue weighted by Gasteiger charge is -2.35. The van der Waals surface area contributed by atoms with Crippen molar-refractivity contribution >= 4 is 41.3 Å². The van der Waals surface area contributed by atoms with Crippen molar-refractivity contribution in [2.75, 3.05) is 43.6 Å². The number of hydrogen-bond donors (Lipinski definition) is 2. The number of benzene rings is 2. The molecule has 2 unspecified atom stereocenters. The number of rotatable bonds is 10. The molecule has 1 amide bonds. The second kappa shape index (κ2) is 13.6. The van der Waals surface area contributed by atoms with Crippen LogP contribution in [0.4, 0.5) is 27.3 Å². The number of piperidine rings is 1. The number of pyridine rings is 1. The fourth-order valence-electron chi connectivity index (χ4n) is 6.35. The van der Waals surface area contributed by atoms with Gasteiger partial charge < -0.3 is 35.1 Å². The molecule has 0 spiro atoms. The van der Waals surface area contributed by atoms with Crippen molar-refractivity contribution in [3.05, 3.63) is 72.7 Å². The summed E-state index contributed by atoms with van der Waals surface area (Å²) < 4.78 is 32.6. The predicted molar refractivity (Wildman–Crippen MR) is 177 cm³/mol. The van der Waals surface area contributed by atoms with E-state index in [1.165, 1.54) is 18.2 Å². The molecule has 3 saturated heterocycles. The monoisotopic (exact) mass is 627 g/mol. The van der Waals surface area contributed by atoms with Gasteiger partial charge in [-0.25, -0.2) is 14.4 Å². The second-order valence-corrected chi connectivity index (χ2v) is 11.6. The van der Waals surface area contributed by atoms with Gasteiger partial charge in [-0.15, -0.1) is 0 Å². The quantitative estimate of drug-likeness (QED) is 0.175. The molecule has 3 fully saturated rings. The summed E-state index contributed by atoms with van der Waals surface area (Å²) in [5.74, 6) is 1.66. The summed E-state index contributed by atoms with van der Waals surface area (Å²) in [5.41, 5.74) is 8.07. The third-order valence-corrected chi connectivity index (χ3v) is 8.72. The summed E-state index contributed by atoms with van der Waals surface area (Å²) in [7, 11) is 1.56. The van der Waals surface area contributed by atoms with Crippen molar-refractivity contribution in [2.45, 2.75) is 43.8 Å². The predicted octanol–water partition coefficient (Wildman–Crippen LogP) is 5.35. The zero-order valence-electron chi connectivity index (χ0n) is 25.8. The van der Waals surface area contributed by atoms with E-state index in [1.807, 2.05) is 6.07 Å². The van der Waals surface area contributed by atoms with E-state index in [-0.39, 0.29) is 23.5 Å². The maximum atomic E-state index is 15.3. The van der Waals surface area contributed by atoms with Gasteiger partial charge in [-0.2, -0.15) is 0 Å². The molecule has 0 aliphatic carbocycles. The first-order chi connectivity index (χ1) is 22.4.